The van der Waals surface area contributed by atoms with Crippen molar-refractivity contribution in [1.29, 1.82) is 0 Å². The number of fused-ring (bicyclic) bond motifs is 2. The molecule has 0 unspecified atom stereocenters. The number of hydrogen-bond donors (Lipinski definition) is 0. The van der Waals surface area contributed by atoms with Gasteiger partial charge in [0.05, 0.1) is 16.8 Å². The van der Waals surface area contributed by atoms with Crippen molar-refractivity contribution in [3.05, 3.63) is 53.0 Å². The topological polar surface area (TPSA) is 34.6 Å². The highest BCUT2D eigenvalue weighted by Crippen LogP contribution is 2.39. The van der Waals surface area contributed by atoms with Crippen LogP contribution < -0.4 is 9.47 Å². The normalized spacial score (nSPS) is 20.2. The molecular weight excluding hydrogens is 332 g/mol. The minimum absolute atomic E-state index is 0.433. The molecule has 3 aromatic rings. The molecule has 2 aromatic carbocycles. The van der Waals surface area contributed by atoms with E-state index in [1.54, 1.807) is 11.3 Å². The van der Waals surface area contributed by atoms with Gasteiger partial charge in [0.25, 0.3) is 0 Å². The first-order chi connectivity index (χ1) is 12.4. The van der Waals surface area contributed by atoms with Gasteiger partial charge in [-0.3, -0.25) is 4.90 Å². The third kappa shape index (κ3) is 2.87. The van der Waals surface area contributed by atoms with Gasteiger partial charge in [-0.1, -0.05) is 18.2 Å². The maximum Gasteiger partial charge on any atom is 0.161 e. The van der Waals surface area contributed by atoms with Crippen LogP contribution in [0.25, 0.3) is 10.2 Å². The van der Waals surface area contributed by atoms with Gasteiger partial charge < -0.3 is 9.47 Å². The van der Waals surface area contributed by atoms with Crippen LogP contribution in [0.1, 0.15) is 29.5 Å². The van der Waals surface area contributed by atoms with Gasteiger partial charge in [0.2, 0.25) is 0 Å². The lowest BCUT2D eigenvalue weighted by molar-refractivity contribution is 0.170. The number of nitrogens with zero attached hydrogens (tertiary/aromatic N) is 2. The number of likely N-dealkylation sites (tertiary alicyclic amines) is 1. The highest BCUT2D eigenvalue weighted by atomic mass is 32.1. The molecule has 1 saturated heterocycles. The SMILES string of the molecule is c1ccc2sc(CN3CCC[C@H]3c3ccc4c(c3)OCCO4)nc2c1. The Kier molecular flexibility index (Phi) is 3.83. The first kappa shape index (κ1) is 15.2. The van der Waals surface area contributed by atoms with E-state index in [1.165, 1.54) is 28.1 Å². The molecule has 0 spiro atoms. The zero-order valence-corrected chi connectivity index (χ0v) is 14.8. The summed E-state index contributed by atoms with van der Waals surface area (Å²) >= 11 is 1.81. The Bertz CT molecular complexity index is 875. The molecule has 2 aliphatic rings. The Morgan fingerprint density at radius 2 is 1.96 bits per heavy atom. The van der Waals surface area contributed by atoms with Crippen LogP contribution in [-0.2, 0) is 6.54 Å². The Morgan fingerprint density at radius 3 is 2.88 bits per heavy atom. The standard InChI is InChI=1S/C20H20N2O2S/c1-2-6-19-15(4-1)21-20(25-19)13-22-9-3-5-16(22)14-7-8-17-18(12-14)24-11-10-23-17/h1-2,4,6-8,12,16H,3,5,9-11,13H2/t16-/m0/s1. The molecule has 0 amide bonds. The number of aromatic nitrogens is 1. The van der Waals surface area contributed by atoms with Gasteiger partial charge in [-0.25, -0.2) is 4.98 Å². The molecule has 0 bridgehead atoms. The molecule has 2 aliphatic heterocycles. The predicted molar refractivity (Wildman–Crippen MR) is 99.4 cm³/mol. The molecule has 0 N–H and O–H groups in total. The van der Waals surface area contributed by atoms with Gasteiger partial charge in [0.15, 0.2) is 11.5 Å². The third-order valence-electron chi connectivity index (χ3n) is 4.99. The smallest absolute Gasteiger partial charge is 0.161 e. The van der Waals surface area contributed by atoms with Crippen molar-refractivity contribution in [2.45, 2.75) is 25.4 Å². The second kappa shape index (κ2) is 6.32. The van der Waals surface area contributed by atoms with Crippen molar-refractivity contribution in [2.24, 2.45) is 0 Å². The van der Waals surface area contributed by atoms with Crippen LogP contribution in [0.5, 0.6) is 11.5 Å². The second-order valence-electron chi connectivity index (χ2n) is 6.61. The van der Waals surface area contributed by atoms with Gasteiger partial charge in [0.1, 0.15) is 18.2 Å². The fraction of sp³-hybridized carbons (Fsp3) is 0.350. The second-order valence-corrected chi connectivity index (χ2v) is 7.72. The summed E-state index contributed by atoms with van der Waals surface area (Å²) in [7, 11) is 0. The van der Waals surface area contributed by atoms with Gasteiger partial charge in [-0.2, -0.15) is 0 Å². The summed E-state index contributed by atoms with van der Waals surface area (Å²) in [6.45, 7) is 3.31. The molecule has 5 heteroatoms. The fourth-order valence-corrected chi connectivity index (χ4v) is 4.81. The van der Waals surface area contributed by atoms with Crippen molar-refractivity contribution < 1.29 is 9.47 Å². The summed E-state index contributed by atoms with van der Waals surface area (Å²) in [5, 5.41) is 1.20. The Balaban J connectivity index is 1.40. The van der Waals surface area contributed by atoms with E-state index >= 15 is 0 Å². The van der Waals surface area contributed by atoms with E-state index in [1.807, 2.05) is 0 Å². The van der Waals surface area contributed by atoms with Crippen molar-refractivity contribution in [3.63, 3.8) is 0 Å². The lowest BCUT2D eigenvalue weighted by Crippen LogP contribution is -2.23. The number of hydrogen-bond acceptors (Lipinski definition) is 5. The minimum atomic E-state index is 0.433. The Labute approximate surface area is 151 Å². The predicted octanol–water partition coefficient (Wildman–Crippen LogP) is 4.40. The lowest BCUT2D eigenvalue weighted by atomic mass is 10.0. The molecule has 3 heterocycles. The number of para-hydroxylation sites is 1. The van der Waals surface area contributed by atoms with Gasteiger partial charge in [0, 0.05) is 6.04 Å². The maximum absolute atomic E-state index is 5.76. The molecule has 128 valence electrons. The first-order valence-electron chi connectivity index (χ1n) is 8.85. The lowest BCUT2D eigenvalue weighted by Gasteiger charge is -2.25. The molecule has 4 nitrogen and oxygen atoms in total. The summed E-state index contributed by atoms with van der Waals surface area (Å²) < 4.78 is 12.7. The van der Waals surface area contributed by atoms with E-state index in [2.05, 4.69) is 47.4 Å². The van der Waals surface area contributed by atoms with E-state index < -0.39 is 0 Å². The summed E-state index contributed by atoms with van der Waals surface area (Å²) in [5.74, 6) is 1.75. The van der Waals surface area contributed by atoms with Crippen LogP contribution in [-0.4, -0.2) is 29.6 Å². The zero-order chi connectivity index (χ0) is 16.6. The number of rotatable bonds is 3. The minimum Gasteiger partial charge on any atom is -0.486 e. The highest BCUT2D eigenvalue weighted by molar-refractivity contribution is 7.18. The van der Waals surface area contributed by atoms with Crippen LogP contribution in [0.3, 0.4) is 0 Å². The van der Waals surface area contributed by atoms with E-state index in [4.69, 9.17) is 14.5 Å². The molecule has 0 aliphatic carbocycles. The molecule has 0 saturated carbocycles. The number of benzene rings is 2. The average molecular weight is 352 g/mol. The quantitative estimate of drug-likeness (QED) is 0.699. The monoisotopic (exact) mass is 352 g/mol. The van der Waals surface area contributed by atoms with Crippen LogP contribution in [0, 0.1) is 0 Å². The van der Waals surface area contributed by atoms with Crippen LogP contribution in [0.2, 0.25) is 0 Å². The molecule has 25 heavy (non-hydrogen) atoms. The van der Waals surface area contributed by atoms with Gasteiger partial charge >= 0.3 is 0 Å². The number of ether oxygens (including phenoxy) is 2. The Morgan fingerprint density at radius 1 is 1.08 bits per heavy atom. The largest absolute Gasteiger partial charge is 0.486 e. The summed E-state index contributed by atoms with van der Waals surface area (Å²) in [4.78, 5) is 7.35. The van der Waals surface area contributed by atoms with Crippen molar-refractivity contribution in [3.8, 4) is 11.5 Å². The van der Waals surface area contributed by atoms with Crippen molar-refractivity contribution in [2.75, 3.05) is 19.8 Å². The molecule has 1 fully saturated rings. The van der Waals surface area contributed by atoms with Crippen LogP contribution in [0.15, 0.2) is 42.5 Å². The van der Waals surface area contributed by atoms with Crippen LogP contribution >= 0.6 is 11.3 Å². The average Bonchev–Trinajstić information content (AvgIpc) is 3.27. The Hall–Kier alpha value is -2.11. The molecule has 1 aromatic heterocycles. The van der Waals surface area contributed by atoms with Gasteiger partial charge in [-0.15, -0.1) is 11.3 Å². The zero-order valence-electron chi connectivity index (χ0n) is 14.0. The van der Waals surface area contributed by atoms with E-state index in [9.17, 15) is 0 Å². The summed E-state index contributed by atoms with van der Waals surface area (Å²) in [6.07, 6.45) is 2.41. The molecule has 1 atom stereocenters. The van der Waals surface area contributed by atoms with E-state index in [0.29, 0.717) is 19.3 Å². The maximum atomic E-state index is 5.76. The van der Waals surface area contributed by atoms with Crippen molar-refractivity contribution in [1.82, 2.24) is 9.88 Å². The first-order valence-corrected chi connectivity index (χ1v) is 9.66. The van der Waals surface area contributed by atoms with Gasteiger partial charge in [-0.05, 0) is 49.2 Å². The molecule has 5 rings (SSSR count). The summed E-state index contributed by atoms with van der Waals surface area (Å²) in [5.41, 5.74) is 2.43. The molecular formula is C20H20N2O2S. The van der Waals surface area contributed by atoms with Crippen molar-refractivity contribution >= 4 is 21.6 Å². The van der Waals surface area contributed by atoms with E-state index in [-0.39, 0.29) is 0 Å². The highest BCUT2D eigenvalue weighted by Gasteiger charge is 2.28. The fourth-order valence-electron chi connectivity index (χ4n) is 3.82. The molecule has 0 radical (unpaired) electrons. The number of thiazole rings is 1. The van der Waals surface area contributed by atoms with E-state index in [0.717, 1.165) is 30.1 Å². The van der Waals surface area contributed by atoms with Crippen LogP contribution in [0.4, 0.5) is 0 Å². The summed E-state index contributed by atoms with van der Waals surface area (Å²) in [6, 6.07) is 15.2. The third-order valence-corrected chi connectivity index (χ3v) is 6.01.